The Labute approximate surface area is 144 Å². The van der Waals surface area contributed by atoms with E-state index in [1.54, 1.807) is 36.9 Å². The smallest absolute Gasteiger partial charge is 0.306 e. The molecular formula is C18H17N5O2. The number of fused-ring (bicyclic) bond motifs is 1. The Morgan fingerprint density at radius 3 is 3.00 bits per heavy atom. The largest absolute Gasteiger partial charge is 0.508 e. The van der Waals surface area contributed by atoms with Gasteiger partial charge in [0, 0.05) is 24.5 Å². The van der Waals surface area contributed by atoms with Gasteiger partial charge in [-0.2, -0.15) is 4.98 Å². The van der Waals surface area contributed by atoms with Crippen molar-refractivity contribution >= 4 is 11.8 Å². The Bertz CT molecular complexity index is 1020. The first-order chi connectivity index (χ1) is 12.3. The number of nitrogens with one attached hydrogen (secondary N) is 1. The van der Waals surface area contributed by atoms with Gasteiger partial charge in [-0.1, -0.05) is 19.1 Å². The molecule has 25 heavy (non-hydrogen) atoms. The van der Waals surface area contributed by atoms with E-state index < -0.39 is 0 Å². The quantitative estimate of drug-likeness (QED) is 0.579. The van der Waals surface area contributed by atoms with Gasteiger partial charge in [-0.15, -0.1) is 0 Å². The predicted molar refractivity (Wildman–Crippen MR) is 94.4 cm³/mol. The molecule has 0 aliphatic rings. The molecule has 0 saturated carbocycles. The fraction of sp³-hybridized carbons (Fsp3) is 0.167. The lowest BCUT2D eigenvalue weighted by Crippen LogP contribution is -2.04. The van der Waals surface area contributed by atoms with Crippen LogP contribution in [0.1, 0.15) is 13.3 Å². The summed E-state index contributed by atoms with van der Waals surface area (Å²) in [5.74, 6) is 1.22. The van der Waals surface area contributed by atoms with E-state index in [-0.39, 0.29) is 5.75 Å². The maximum absolute atomic E-state index is 9.81. The number of phenolic OH excluding ortho intramolecular Hbond substituents is 1. The molecule has 7 heteroatoms. The summed E-state index contributed by atoms with van der Waals surface area (Å²) >= 11 is 0. The van der Waals surface area contributed by atoms with Crippen molar-refractivity contribution in [3.05, 3.63) is 49.0 Å². The van der Waals surface area contributed by atoms with Gasteiger partial charge in [-0.3, -0.25) is 4.40 Å². The normalized spacial score (nSPS) is 11.1. The molecule has 0 spiro atoms. The molecule has 0 bridgehead atoms. The minimum atomic E-state index is 0.182. The zero-order chi connectivity index (χ0) is 17.2. The molecule has 0 amide bonds. The molecule has 7 nitrogen and oxygen atoms in total. The Morgan fingerprint density at radius 1 is 1.24 bits per heavy atom. The van der Waals surface area contributed by atoms with Gasteiger partial charge in [0.25, 0.3) is 0 Å². The molecule has 2 N–H and O–H groups in total. The molecule has 3 heterocycles. The van der Waals surface area contributed by atoms with Gasteiger partial charge < -0.3 is 14.8 Å². The maximum atomic E-state index is 9.81. The van der Waals surface area contributed by atoms with E-state index in [0.29, 0.717) is 17.5 Å². The zero-order valence-corrected chi connectivity index (χ0v) is 13.7. The van der Waals surface area contributed by atoms with Crippen molar-refractivity contribution in [2.24, 2.45) is 0 Å². The van der Waals surface area contributed by atoms with Crippen LogP contribution in [0.3, 0.4) is 0 Å². The number of oxazole rings is 1. The molecule has 0 unspecified atom stereocenters. The van der Waals surface area contributed by atoms with E-state index in [4.69, 9.17) is 4.42 Å². The maximum Gasteiger partial charge on any atom is 0.306 e. The Hall–Kier alpha value is -3.35. The Morgan fingerprint density at radius 2 is 2.16 bits per heavy atom. The van der Waals surface area contributed by atoms with E-state index in [1.807, 2.05) is 16.5 Å². The lowest BCUT2D eigenvalue weighted by Gasteiger charge is -2.07. The summed E-state index contributed by atoms with van der Waals surface area (Å²) in [6.45, 7) is 2.89. The van der Waals surface area contributed by atoms with E-state index in [0.717, 1.165) is 29.9 Å². The summed E-state index contributed by atoms with van der Waals surface area (Å²) in [7, 11) is 0. The monoisotopic (exact) mass is 335 g/mol. The van der Waals surface area contributed by atoms with Crippen molar-refractivity contribution in [3.8, 4) is 28.4 Å². The first-order valence-electron chi connectivity index (χ1n) is 8.08. The molecule has 0 atom stereocenters. The number of hydrogen-bond donors (Lipinski definition) is 2. The molecule has 0 aliphatic heterocycles. The van der Waals surface area contributed by atoms with Gasteiger partial charge in [0.2, 0.25) is 5.95 Å². The van der Waals surface area contributed by atoms with E-state index >= 15 is 0 Å². The topological polar surface area (TPSA) is 88.5 Å². The number of aromatic hydroxyl groups is 1. The first-order valence-corrected chi connectivity index (χ1v) is 8.08. The van der Waals surface area contributed by atoms with Gasteiger partial charge >= 0.3 is 5.84 Å². The molecule has 126 valence electrons. The highest BCUT2D eigenvalue weighted by Gasteiger charge is 2.19. The third kappa shape index (κ3) is 2.80. The lowest BCUT2D eigenvalue weighted by atomic mass is 10.1. The first kappa shape index (κ1) is 15.2. The van der Waals surface area contributed by atoms with E-state index in [1.165, 1.54) is 0 Å². The van der Waals surface area contributed by atoms with Gasteiger partial charge in [0.15, 0.2) is 0 Å². The van der Waals surface area contributed by atoms with Crippen molar-refractivity contribution in [1.29, 1.82) is 0 Å². The molecule has 0 aliphatic carbocycles. The standard InChI is InChI=1S/C18H17N5O2/c1-2-7-19-17-20-8-6-14(21-17)16-15(12-4-3-5-13(24)11-12)22-18-23(16)9-10-25-18/h3-6,8-11,24H,2,7H2,1H3,(H,19,20,21). The van der Waals surface area contributed by atoms with Crippen LogP contribution in [0.15, 0.2) is 53.4 Å². The van der Waals surface area contributed by atoms with Crippen molar-refractivity contribution in [3.63, 3.8) is 0 Å². The molecule has 4 rings (SSSR count). The highest BCUT2D eigenvalue weighted by Crippen LogP contribution is 2.33. The highest BCUT2D eigenvalue weighted by molar-refractivity contribution is 5.80. The third-order valence-electron chi connectivity index (χ3n) is 3.81. The van der Waals surface area contributed by atoms with Crippen molar-refractivity contribution in [2.45, 2.75) is 13.3 Å². The number of phenols is 1. The SMILES string of the molecule is CCCNc1nccc(-c2c(-c3cccc(O)c3)nc3occn23)n1. The Balaban J connectivity index is 1.89. The van der Waals surface area contributed by atoms with Crippen LogP contribution in [0.5, 0.6) is 5.75 Å². The van der Waals surface area contributed by atoms with Crippen LogP contribution in [0.25, 0.3) is 28.5 Å². The number of nitrogens with zero attached hydrogens (tertiary/aromatic N) is 4. The summed E-state index contributed by atoms with van der Waals surface area (Å²) in [4.78, 5) is 13.4. The van der Waals surface area contributed by atoms with Crippen LogP contribution < -0.4 is 5.32 Å². The number of benzene rings is 1. The molecule has 0 fully saturated rings. The zero-order valence-electron chi connectivity index (χ0n) is 13.7. The van der Waals surface area contributed by atoms with Gasteiger partial charge in [-0.25, -0.2) is 9.97 Å². The number of imidazole rings is 1. The molecule has 0 saturated heterocycles. The fourth-order valence-corrected chi connectivity index (χ4v) is 2.70. The molecule has 1 aromatic carbocycles. The van der Waals surface area contributed by atoms with E-state index in [2.05, 4.69) is 27.2 Å². The second kappa shape index (κ2) is 6.27. The van der Waals surface area contributed by atoms with Gasteiger partial charge in [0.05, 0.1) is 5.69 Å². The highest BCUT2D eigenvalue weighted by atomic mass is 16.3. The molecule has 3 aromatic heterocycles. The number of rotatable bonds is 5. The lowest BCUT2D eigenvalue weighted by molar-refractivity contribution is 0.475. The van der Waals surface area contributed by atoms with Crippen LogP contribution >= 0.6 is 0 Å². The molecular weight excluding hydrogens is 318 g/mol. The van der Waals surface area contributed by atoms with Crippen LogP contribution in [0.2, 0.25) is 0 Å². The molecule has 0 radical (unpaired) electrons. The Kier molecular flexibility index (Phi) is 3.81. The third-order valence-corrected chi connectivity index (χ3v) is 3.81. The van der Waals surface area contributed by atoms with Crippen molar-refractivity contribution < 1.29 is 9.52 Å². The summed E-state index contributed by atoms with van der Waals surface area (Å²) in [6.07, 6.45) is 6.08. The summed E-state index contributed by atoms with van der Waals surface area (Å²) < 4.78 is 7.28. The van der Waals surface area contributed by atoms with Crippen LogP contribution in [-0.2, 0) is 0 Å². The minimum absolute atomic E-state index is 0.182. The average molecular weight is 335 g/mol. The van der Waals surface area contributed by atoms with Crippen LogP contribution in [0, 0.1) is 0 Å². The van der Waals surface area contributed by atoms with Crippen molar-refractivity contribution in [2.75, 3.05) is 11.9 Å². The summed E-state index contributed by atoms with van der Waals surface area (Å²) in [5.41, 5.74) is 2.99. The number of hydrogen-bond acceptors (Lipinski definition) is 6. The van der Waals surface area contributed by atoms with E-state index in [9.17, 15) is 5.11 Å². The number of aromatic nitrogens is 4. The van der Waals surface area contributed by atoms with Crippen molar-refractivity contribution in [1.82, 2.24) is 19.4 Å². The summed E-state index contributed by atoms with van der Waals surface area (Å²) in [6, 6.07) is 8.80. The van der Waals surface area contributed by atoms with Gasteiger partial charge in [0.1, 0.15) is 23.4 Å². The molecule has 4 aromatic rings. The predicted octanol–water partition coefficient (Wildman–Crippen LogP) is 3.58. The fourth-order valence-electron chi connectivity index (χ4n) is 2.70. The average Bonchev–Trinajstić information content (AvgIpc) is 3.21. The van der Waals surface area contributed by atoms with Crippen LogP contribution in [-0.4, -0.2) is 31.0 Å². The minimum Gasteiger partial charge on any atom is -0.508 e. The second-order valence-corrected chi connectivity index (χ2v) is 5.61. The number of anilines is 1. The second-order valence-electron chi connectivity index (χ2n) is 5.61. The van der Waals surface area contributed by atoms with Crippen LogP contribution in [0.4, 0.5) is 5.95 Å². The van der Waals surface area contributed by atoms with Gasteiger partial charge in [-0.05, 0) is 24.6 Å². The summed E-state index contributed by atoms with van der Waals surface area (Å²) in [5, 5.41) is 13.0.